The summed E-state index contributed by atoms with van der Waals surface area (Å²) in [6.07, 6.45) is 1.76. The Kier molecular flexibility index (Phi) is 4.23. The average Bonchev–Trinajstić information content (AvgIpc) is 2.47. The van der Waals surface area contributed by atoms with E-state index in [1.54, 1.807) is 4.90 Å². The summed E-state index contributed by atoms with van der Waals surface area (Å²) < 4.78 is 0. The Bertz CT molecular complexity index is 520. The first-order chi connectivity index (χ1) is 9.48. The summed E-state index contributed by atoms with van der Waals surface area (Å²) in [4.78, 5) is 25.3. The van der Waals surface area contributed by atoms with Crippen molar-refractivity contribution in [3.05, 3.63) is 23.0 Å². The highest BCUT2D eigenvalue weighted by atomic mass is 35.5. The highest BCUT2D eigenvalue weighted by molar-refractivity contribution is 6.29. The Morgan fingerprint density at radius 3 is 2.75 bits per heavy atom. The quantitative estimate of drug-likeness (QED) is 0.920. The maximum absolute atomic E-state index is 12.3. The van der Waals surface area contributed by atoms with Crippen LogP contribution < -0.4 is 0 Å². The third kappa shape index (κ3) is 2.75. The van der Waals surface area contributed by atoms with Crippen LogP contribution in [0.5, 0.6) is 0 Å². The number of piperidine rings is 1. The maximum atomic E-state index is 12.3. The molecular weight excluding hydrogens is 282 g/mol. The summed E-state index contributed by atoms with van der Waals surface area (Å²) in [5, 5.41) is 17.0. The van der Waals surface area contributed by atoms with Crippen molar-refractivity contribution >= 4 is 23.5 Å². The van der Waals surface area contributed by atoms with Crippen LogP contribution in [0.15, 0.2) is 12.1 Å². The number of amides is 1. The number of carboxylic acids is 1. The SMILES string of the molecule is CCC1(C(=O)O)CCCN(C(=O)c2ccc(Cl)nn2)C1. The summed E-state index contributed by atoms with van der Waals surface area (Å²) in [6.45, 7) is 2.59. The van der Waals surface area contributed by atoms with Crippen LogP contribution in [0.1, 0.15) is 36.7 Å². The molecule has 0 saturated carbocycles. The molecule has 1 unspecified atom stereocenters. The van der Waals surface area contributed by atoms with Gasteiger partial charge in [-0.15, -0.1) is 10.2 Å². The molecule has 1 aromatic heterocycles. The standard InChI is InChI=1S/C13H16ClN3O3/c1-2-13(12(19)20)6-3-7-17(8-13)11(18)9-4-5-10(14)16-15-9/h4-5H,2-3,6-8H2,1H3,(H,19,20). The van der Waals surface area contributed by atoms with E-state index in [1.165, 1.54) is 12.1 Å². The van der Waals surface area contributed by atoms with Gasteiger partial charge in [-0.2, -0.15) is 0 Å². The monoisotopic (exact) mass is 297 g/mol. The van der Waals surface area contributed by atoms with E-state index in [0.717, 1.165) is 0 Å². The average molecular weight is 298 g/mol. The molecule has 0 aliphatic carbocycles. The van der Waals surface area contributed by atoms with Crippen LogP contribution in [0.2, 0.25) is 5.15 Å². The van der Waals surface area contributed by atoms with Gasteiger partial charge in [-0.1, -0.05) is 18.5 Å². The Balaban J connectivity index is 2.18. The lowest BCUT2D eigenvalue weighted by Crippen LogP contribution is -2.49. The van der Waals surface area contributed by atoms with Crippen LogP contribution in [0, 0.1) is 5.41 Å². The highest BCUT2D eigenvalue weighted by Crippen LogP contribution is 2.34. The minimum atomic E-state index is -0.853. The molecule has 1 aliphatic heterocycles. The molecule has 6 nitrogen and oxygen atoms in total. The molecule has 0 radical (unpaired) electrons. The van der Waals surface area contributed by atoms with Crippen LogP contribution in [0.3, 0.4) is 0 Å². The third-order valence-corrected chi connectivity index (χ3v) is 4.05. The fourth-order valence-electron chi connectivity index (χ4n) is 2.51. The van der Waals surface area contributed by atoms with E-state index < -0.39 is 11.4 Å². The number of rotatable bonds is 3. The van der Waals surface area contributed by atoms with Crippen molar-refractivity contribution in [2.24, 2.45) is 5.41 Å². The molecule has 2 rings (SSSR count). The normalized spacial score (nSPS) is 22.6. The lowest BCUT2D eigenvalue weighted by atomic mass is 9.77. The zero-order chi connectivity index (χ0) is 14.8. The summed E-state index contributed by atoms with van der Waals surface area (Å²) in [7, 11) is 0. The van der Waals surface area contributed by atoms with Crippen LogP contribution in [0.4, 0.5) is 0 Å². The molecule has 0 aromatic carbocycles. The first kappa shape index (κ1) is 14.7. The fraction of sp³-hybridized carbons (Fsp3) is 0.538. The molecule has 1 aromatic rings. The lowest BCUT2D eigenvalue weighted by molar-refractivity contribution is -0.152. The van der Waals surface area contributed by atoms with Crippen LogP contribution >= 0.6 is 11.6 Å². The van der Waals surface area contributed by atoms with Crippen molar-refractivity contribution < 1.29 is 14.7 Å². The van der Waals surface area contributed by atoms with E-state index in [0.29, 0.717) is 25.8 Å². The Morgan fingerprint density at radius 2 is 2.20 bits per heavy atom. The van der Waals surface area contributed by atoms with Crippen molar-refractivity contribution in [1.82, 2.24) is 15.1 Å². The number of aliphatic carboxylic acids is 1. The first-order valence-electron chi connectivity index (χ1n) is 6.50. The van der Waals surface area contributed by atoms with Crippen molar-refractivity contribution in [3.63, 3.8) is 0 Å². The summed E-state index contributed by atoms with van der Waals surface area (Å²) in [5.41, 5.74) is -0.667. The molecule has 1 aliphatic rings. The Labute approximate surface area is 121 Å². The van der Waals surface area contributed by atoms with Gasteiger partial charge >= 0.3 is 5.97 Å². The number of carbonyl (C=O) groups is 2. The predicted molar refractivity (Wildman–Crippen MR) is 72.5 cm³/mol. The van der Waals surface area contributed by atoms with E-state index in [-0.39, 0.29) is 23.3 Å². The first-order valence-corrected chi connectivity index (χ1v) is 6.88. The largest absolute Gasteiger partial charge is 0.481 e. The van der Waals surface area contributed by atoms with E-state index in [1.807, 2.05) is 6.92 Å². The number of nitrogens with zero attached hydrogens (tertiary/aromatic N) is 3. The molecule has 1 saturated heterocycles. The van der Waals surface area contributed by atoms with Crippen molar-refractivity contribution in [3.8, 4) is 0 Å². The van der Waals surface area contributed by atoms with E-state index in [4.69, 9.17) is 11.6 Å². The van der Waals surface area contributed by atoms with Crippen molar-refractivity contribution in [1.29, 1.82) is 0 Å². The number of likely N-dealkylation sites (tertiary alicyclic amines) is 1. The minimum absolute atomic E-state index is 0.187. The molecule has 2 heterocycles. The summed E-state index contributed by atoms with van der Waals surface area (Å²) >= 11 is 5.64. The Hall–Kier alpha value is -1.69. The van der Waals surface area contributed by atoms with E-state index in [2.05, 4.69) is 10.2 Å². The van der Waals surface area contributed by atoms with Crippen molar-refractivity contribution in [2.45, 2.75) is 26.2 Å². The zero-order valence-corrected chi connectivity index (χ0v) is 11.9. The van der Waals surface area contributed by atoms with Gasteiger partial charge in [0.15, 0.2) is 10.8 Å². The van der Waals surface area contributed by atoms with Gasteiger partial charge in [0.05, 0.1) is 5.41 Å². The number of hydrogen-bond donors (Lipinski definition) is 1. The van der Waals surface area contributed by atoms with Crippen LogP contribution in [0.25, 0.3) is 0 Å². The molecule has 1 amide bonds. The topological polar surface area (TPSA) is 83.4 Å². The predicted octanol–water partition coefficient (Wildman–Crippen LogP) is 1.85. The number of halogens is 1. The van der Waals surface area contributed by atoms with E-state index >= 15 is 0 Å². The molecule has 0 bridgehead atoms. The second-order valence-electron chi connectivity index (χ2n) is 5.01. The molecular formula is C13H16ClN3O3. The van der Waals surface area contributed by atoms with Gasteiger partial charge < -0.3 is 10.0 Å². The number of carboxylic acid groups (broad SMARTS) is 1. The lowest BCUT2D eigenvalue weighted by Gasteiger charge is -2.39. The van der Waals surface area contributed by atoms with Crippen molar-refractivity contribution in [2.75, 3.05) is 13.1 Å². The van der Waals surface area contributed by atoms with Gasteiger partial charge in [-0.25, -0.2) is 0 Å². The van der Waals surface area contributed by atoms with Gasteiger partial charge in [0.25, 0.3) is 5.91 Å². The molecule has 20 heavy (non-hydrogen) atoms. The second kappa shape index (κ2) is 5.75. The van der Waals surface area contributed by atoms with Crippen LogP contribution in [-0.4, -0.2) is 45.2 Å². The zero-order valence-electron chi connectivity index (χ0n) is 11.2. The summed E-state index contributed by atoms with van der Waals surface area (Å²) in [6, 6.07) is 3.00. The third-order valence-electron chi connectivity index (χ3n) is 3.85. The number of aromatic nitrogens is 2. The van der Waals surface area contributed by atoms with Crippen LogP contribution in [-0.2, 0) is 4.79 Å². The van der Waals surface area contributed by atoms with Gasteiger partial charge in [-0.05, 0) is 31.4 Å². The van der Waals surface area contributed by atoms with E-state index in [9.17, 15) is 14.7 Å². The number of carbonyl (C=O) groups excluding carboxylic acids is 1. The number of hydrogen-bond acceptors (Lipinski definition) is 4. The second-order valence-corrected chi connectivity index (χ2v) is 5.40. The molecule has 7 heteroatoms. The van der Waals surface area contributed by atoms with Gasteiger partial charge in [0.1, 0.15) is 0 Å². The minimum Gasteiger partial charge on any atom is -0.481 e. The molecule has 1 fully saturated rings. The van der Waals surface area contributed by atoms with Gasteiger partial charge in [-0.3, -0.25) is 9.59 Å². The summed E-state index contributed by atoms with van der Waals surface area (Å²) in [5.74, 6) is -1.15. The highest BCUT2D eigenvalue weighted by Gasteiger charge is 2.42. The molecule has 108 valence electrons. The molecule has 1 N–H and O–H groups in total. The molecule has 0 spiro atoms. The molecule has 1 atom stereocenters. The Morgan fingerprint density at radius 1 is 1.45 bits per heavy atom. The van der Waals surface area contributed by atoms with Gasteiger partial charge in [0, 0.05) is 13.1 Å². The van der Waals surface area contributed by atoms with Gasteiger partial charge in [0.2, 0.25) is 0 Å². The fourth-order valence-corrected chi connectivity index (χ4v) is 2.61. The smallest absolute Gasteiger partial charge is 0.311 e. The maximum Gasteiger partial charge on any atom is 0.311 e.